The minimum atomic E-state index is 0.00481. The zero-order valence-corrected chi connectivity index (χ0v) is 9.60. The molecule has 1 saturated heterocycles. The fourth-order valence-electron chi connectivity index (χ4n) is 2.28. The monoisotopic (exact) mass is 220 g/mol. The highest BCUT2D eigenvalue weighted by atomic mass is 16.3. The topological polar surface area (TPSA) is 49.5 Å². The van der Waals surface area contributed by atoms with E-state index >= 15 is 0 Å². The van der Waals surface area contributed by atoms with Crippen LogP contribution in [0.25, 0.3) is 0 Å². The molecule has 0 aliphatic carbocycles. The molecule has 1 unspecified atom stereocenters. The summed E-state index contributed by atoms with van der Waals surface area (Å²) in [5.41, 5.74) is 7.16. The summed E-state index contributed by atoms with van der Waals surface area (Å²) in [6, 6.07) is 7.27. The Balaban J connectivity index is 1.94. The largest absolute Gasteiger partial charge is 0.508 e. The van der Waals surface area contributed by atoms with Gasteiger partial charge in [-0.25, -0.2) is 0 Å². The van der Waals surface area contributed by atoms with Gasteiger partial charge in [-0.05, 0) is 43.6 Å². The summed E-state index contributed by atoms with van der Waals surface area (Å²) in [6.45, 7) is 3.21. The molecule has 1 atom stereocenters. The van der Waals surface area contributed by atoms with E-state index in [0.717, 1.165) is 25.2 Å². The third-order valence-electron chi connectivity index (χ3n) is 3.20. The van der Waals surface area contributed by atoms with Gasteiger partial charge in [-0.15, -0.1) is 0 Å². The first-order valence-electron chi connectivity index (χ1n) is 6.02. The summed E-state index contributed by atoms with van der Waals surface area (Å²) in [7, 11) is 0. The fourth-order valence-corrected chi connectivity index (χ4v) is 2.28. The van der Waals surface area contributed by atoms with Crippen LogP contribution in [0.4, 0.5) is 0 Å². The molecule has 0 amide bonds. The van der Waals surface area contributed by atoms with Crippen molar-refractivity contribution in [3.8, 4) is 5.75 Å². The number of nitrogens with two attached hydrogens (primary N) is 1. The van der Waals surface area contributed by atoms with Gasteiger partial charge in [0, 0.05) is 12.6 Å². The summed E-state index contributed by atoms with van der Waals surface area (Å²) in [6.07, 6.45) is 3.91. The van der Waals surface area contributed by atoms with E-state index in [1.807, 2.05) is 12.1 Å². The van der Waals surface area contributed by atoms with Gasteiger partial charge in [-0.3, -0.25) is 0 Å². The average molecular weight is 220 g/mol. The van der Waals surface area contributed by atoms with E-state index in [1.54, 1.807) is 12.1 Å². The predicted molar refractivity (Wildman–Crippen MR) is 65.3 cm³/mol. The Labute approximate surface area is 96.9 Å². The highest BCUT2D eigenvalue weighted by molar-refractivity contribution is 5.29. The average Bonchev–Trinajstić information content (AvgIpc) is 2.30. The highest BCUT2D eigenvalue weighted by Gasteiger charge is 2.14. The van der Waals surface area contributed by atoms with Crippen LogP contribution >= 0.6 is 0 Å². The molecule has 1 fully saturated rings. The Hall–Kier alpha value is -1.06. The molecule has 1 heterocycles. The number of likely N-dealkylation sites (tertiary alicyclic amines) is 1. The number of nitrogens with zero attached hydrogens (tertiary/aromatic N) is 1. The number of hydrogen-bond donors (Lipinski definition) is 2. The predicted octanol–water partition coefficient (Wildman–Crippen LogP) is 1.88. The number of phenols is 1. The van der Waals surface area contributed by atoms with E-state index in [-0.39, 0.29) is 6.04 Å². The standard InChI is InChI=1S/C13H20N2O/c14-13(10-15-7-2-1-3-8-15)11-5-4-6-12(16)9-11/h4-6,9,13,16H,1-3,7-8,10,14H2. The van der Waals surface area contributed by atoms with Crippen molar-refractivity contribution in [1.82, 2.24) is 4.90 Å². The molecule has 0 radical (unpaired) electrons. The Morgan fingerprint density at radius 1 is 1.25 bits per heavy atom. The van der Waals surface area contributed by atoms with Gasteiger partial charge in [0.25, 0.3) is 0 Å². The molecule has 0 spiro atoms. The van der Waals surface area contributed by atoms with Gasteiger partial charge in [-0.2, -0.15) is 0 Å². The normalized spacial score (nSPS) is 19.6. The summed E-state index contributed by atoms with van der Waals surface area (Å²) in [4.78, 5) is 2.41. The van der Waals surface area contributed by atoms with Crippen LogP contribution in [0.2, 0.25) is 0 Å². The van der Waals surface area contributed by atoms with Gasteiger partial charge in [0.1, 0.15) is 5.75 Å². The Morgan fingerprint density at radius 3 is 2.69 bits per heavy atom. The summed E-state index contributed by atoms with van der Waals surface area (Å²) >= 11 is 0. The number of aromatic hydroxyl groups is 1. The van der Waals surface area contributed by atoms with E-state index in [0.29, 0.717) is 5.75 Å². The van der Waals surface area contributed by atoms with Crippen molar-refractivity contribution in [2.45, 2.75) is 25.3 Å². The molecule has 3 nitrogen and oxygen atoms in total. The second-order valence-corrected chi connectivity index (χ2v) is 4.56. The maximum atomic E-state index is 9.40. The second-order valence-electron chi connectivity index (χ2n) is 4.56. The van der Waals surface area contributed by atoms with Crippen LogP contribution in [0.3, 0.4) is 0 Å². The lowest BCUT2D eigenvalue weighted by Crippen LogP contribution is -2.36. The molecular formula is C13H20N2O. The van der Waals surface area contributed by atoms with Crippen molar-refractivity contribution >= 4 is 0 Å². The van der Waals surface area contributed by atoms with Crippen LogP contribution in [0.1, 0.15) is 30.9 Å². The third-order valence-corrected chi connectivity index (χ3v) is 3.20. The summed E-state index contributed by atoms with van der Waals surface area (Å²) in [5.74, 6) is 0.298. The molecule has 1 aromatic carbocycles. The lowest BCUT2D eigenvalue weighted by Gasteiger charge is -2.29. The van der Waals surface area contributed by atoms with Crippen molar-refractivity contribution in [2.75, 3.05) is 19.6 Å². The first-order chi connectivity index (χ1) is 7.75. The number of phenolic OH excluding ortho intramolecular Hbond substituents is 1. The van der Waals surface area contributed by atoms with Crippen LogP contribution in [0.15, 0.2) is 24.3 Å². The molecule has 16 heavy (non-hydrogen) atoms. The zero-order valence-electron chi connectivity index (χ0n) is 9.60. The molecule has 1 aliphatic rings. The van der Waals surface area contributed by atoms with Crippen molar-refractivity contribution in [3.63, 3.8) is 0 Å². The van der Waals surface area contributed by atoms with Crippen LogP contribution in [0.5, 0.6) is 5.75 Å². The van der Waals surface area contributed by atoms with Gasteiger partial charge < -0.3 is 15.7 Å². The molecule has 0 saturated carbocycles. The molecule has 0 bridgehead atoms. The zero-order chi connectivity index (χ0) is 11.4. The van der Waals surface area contributed by atoms with Gasteiger partial charge in [-0.1, -0.05) is 18.6 Å². The third kappa shape index (κ3) is 2.97. The lowest BCUT2D eigenvalue weighted by molar-refractivity contribution is 0.216. The Morgan fingerprint density at radius 2 is 2.00 bits per heavy atom. The summed E-state index contributed by atoms with van der Waals surface area (Å²) in [5, 5.41) is 9.40. The van der Waals surface area contributed by atoms with Crippen LogP contribution in [-0.2, 0) is 0 Å². The van der Waals surface area contributed by atoms with E-state index in [4.69, 9.17) is 5.73 Å². The molecule has 3 heteroatoms. The van der Waals surface area contributed by atoms with E-state index < -0.39 is 0 Å². The van der Waals surface area contributed by atoms with Crippen LogP contribution < -0.4 is 5.73 Å². The van der Waals surface area contributed by atoms with Gasteiger partial charge >= 0.3 is 0 Å². The minimum Gasteiger partial charge on any atom is -0.508 e. The molecule has 3 N–H and O–H groups in total. The van der Waals surface area contributed by atoms with Crippen LogP contribution in [0, 0.1) is 0 Å². The minimum absolute atomic E-state index is 0.00481. The van der Waals surface area contributed by atoms with Crippen molar-refractivity contribution in [1.29, 1.82) is 0 Å². The molecule has 88 valence electrons. The fraction of sp³-hybridized carbons (Fsp3) is 0.538. The number of piperidine rings is 1. The number of rotatable bonds is 3. The van der Waals surface area contributed by atoms with Gasteiger partial charge in [0.2, 0.25) is 0 Å². The Kier molecular flexibility index (Phi) is 3.80. The first-order valence-corrected chi connectivity index (χ1v) is 6.02. The molecular weight excluding hydrogens is 200 g/mol. The maximum absolute atomic E-state index is 9.40. The van der Waals surface area contributed by atoms with E-state index in [2.05, 4.69) is 4.90 Å². The summed E-state index contributed by atoms with van der Waals surface area (Å²) < 4.78 is 0. The number of benzene rings is 1. The SMILES string of the molecule is NC(CN1CCCCC1)c1cccc(O)c1. The first kappa shape index (κ1) is 11.4. The van der Waals surface area contributed by atoms with E-state index in [9.17, 15) is 5.11 Å². The quantitative estimate of drug-likeness (QED) is 0.817. The van der Waals surface area contributed by atoms with Crippen molar-refractivity contribution < 1.29 is 5.11 Å². The molecule has 1 aromatic rings. The van der Waals surface area contributed by atoms with Crippen LogP contribution in [-0.4, -0.2) is 29.6 Å². The highest BCUT2D eigenvalue weighted by Crippen LogP contribution is 2.19. The molecule has 1 aliphatic heterocycles. The maximum Gasteiger partial charge on any atom is 0.115 e. The molecule has 2 rings (SSSR count). The Bertz CT molecular complexity index is 334. The van der Waals surface area contributed by atoms with E-state index in [1.165, 1.54) is 19.3 Å². The second kappa shape index (κ2) is 5.32. The van der Waals surface area contributed by atoms with Gasteiger partial charge in [0.15, 0.2) is 0 Å². The smallest absolute Gasteiger partial charge is 0.115 e. The van der Waals surface area contributed by atoms with Gasteiger partial charge in [0.05, 0.1) is 0 Å². The lowest BCUT2D eigenvalue weighted by atomic mass is 10.1. The van der Waals surface area contributed by atoms with Crippen molar-refractivity contribution in [3.05, 3.63) is 29.8 Å². The molecule has 0 aromatic heterocycles. The van der Waals surface area contributed by atoms with Crippen molar-refractivity contribution in [2.24, 2.45) is 5.73 Å². The number of hydrogen-bond acceptors (Lipinski definition) is 3.